The Morgan fingerprint density at radius 2 is 2.19 bits per heavy atom. The molecule has 1 aliphatic rings. The summed E-state index contributed by atoms with van der Waals surface area (Å²) in [5.74, 6) is 5.98. The monoisotopic (exact) mass is 233 g/mol. The number of fused-ring (bicyclic) bond motifs is 1. The van der Waals surface area contributed by atoms with Crippen molar-refractivity contribution in [3.05, 3.63) is 34.3 Å². The number of hydrogen-bond donors (Lipinski definition) is 1. The van der Waals surface area contributed by atoms with Gasteiger partial charge in [0.05, 0.1) is 0 Å². The molecule has 1 aliphatic carbocycles. The molecule has 0 amide bonds. The van der Waals surface area contributed by atoms with E-state index in [9.17, 15) is 0 Å². The van der Waals surface area contributed by atoms with Gasteiger partial charge in [0, 0.05) is 24.0 Å². The molecule has 1 aromatic carbocycles. The van der Waals surface area contributed by atoms with Crippen molar-refractivity contribution in [1.29, 1.82) is 0 Å². The molecule has 1 nitrogen and oxygen atoms in total. The van der Waals surface area contributed by atoms with Gasteiger partial charge in [0.2, 0.25) is 0 Å². The first-order valence-corrected chi connectivity index (χ1v) is 6.07. The molecule has 1 atom stereocenters. The highest BCUT2D eigenvalue weighted by atomic mass is 35.5. The molecular weight excluding hydrogens is 218 g/mol. The van der Waals surface area contributed by atoms with Crippen LogP contribution in [-0.4, -0.2) is 12.6 Å². The van der Waals surface area contributed by atoms with E-state index in [2.05, 4.69) is 29.3 Å². The predicted octanol–water partition coefficient (Wildman–Crippen LogP) is 2.81. The number of benzene rings is 1. The summed E-state index contributed by atoms with van der Waals surface area (Å²) in [5.41, 5.74) is 2.83. The lowest BCUT2D eigenvalue weighted by atomic mass is 10.1. The predicted molar refractivity (Wildman–Crippen MR) is 68.7 cm³/mol. The lowest BCUT2D eigenvalue weighted by Crippen LogP contribution is -2.30. The first kappa shape index (κ1) is 11.5. The molecule has 2 heteroatoms. The van der Waals surface area contributed by atoms with Crippen LogP contribution >= 0.6 is 11.6 Å². The smallest absolute Gasteiger partial charge is 0.0408 e. The van der Waals surface area contributed by atoms with Gasteiger partial charge in [-0.2, -0.15) is 0 Å². The van der Waals surface area contributed by atoms with Crippen LogP contribution < -0.4 is 5.32 Å². The standard InChI is InChI=1S/C14H16ClN/c1-2-3-4-7-16-14-9-11-5-6-13(15)8-12(11)10-14/h5-6,8,14,16H,4,7,9-10H2,1H3. The SMILES string of the molecule is CC#CCCNC1Cc2ccc(Cl)cc2C1. The van der Waals surface area contributed by atoms with Crippen LogP contribution in [-0.2, 0) is 12.8 Å². The summed E-state index contributed by atoms with van der Waals surface area (Å²) in [4.78, 5) is 0. The Hall–Kier alpha value is -0.970. The zero-order valence-electron chi connectivity index (χ0n) is 9.52. The number of nitrogens with one attached hydrogen (secondary N) is 1. The first-order chi connectivity index (χ1) is 7.79. The minimum Gasteiger partial charge on any atom is -0.312 e. The molecule has 0 heterocycles. The van der Waals surface area contributed by atoms with Crippen LogP contribution in [0.1, 0.15) is 24.5 Å². The van der Waals surface area contributed by atoms with Gasteiger partial charge in [-0.15, -0.1) is 11.8 Å². The molecular formula is C14H16ClN. The molecule has 0 saturated heterocycles. The normalized spacial score (nSPS) is 17.8. The maximum absolute atomic E-state index is 5.98. The molecule has 16 heavy (non-hydrogen) atoms. The molecule has 1 unspecified atom stereocenters. The number of halogens is 1. The summed E-state index contributed by atoms with van der Waals surface area (Å²) in [5, 5.41) is 4.38. The van der Waals surface area contributed by atoms with Gasteiger partial charge in [0.25, 0.3) is 0 Å². The Bertz CT molecular complexity index is 428. The third-order valence-corrected chi connectivity index (χ3v) is 3.20. The Kier molecular flexibility index (Phi) is 3.88. The van der Waals surface area contributed by atoms with Crippen LogP contribution in [0.2, 0.25) is 5.02 Å². The van der Waals surface area contributed by atoms with Crippen molar-refractivity contribution in [3.8, 4) is 11.8 Å². The van der Waals surface area contributed by atoms with Gasteiger partial charge < -0.3 is 5.32 Å². The van der Waals surface area contributed by atoms with Crippen LogP contribution in [0.15, 0.2) is 18.2 Å². The van der Waals surface area contributed by atoms with Crippen molar-refractivity contribution in [1.82, 2.24) is 5.32 Å². The van der Waals surface area contributed by atoms with Crippen molar-refractivity contribution >= 4 is 11.6 Å². The zero-order valence-corrected chi connectivity index (χ0v) is 10.3. The Morgan fingerprint density at radius 3 is 3.00 bits per heavy atom. The third kappa shape index (κ3) is 2.78. The van der Waals surface area contributed by atoms with E-state index in [1.165, 1.54) is 11.1 Å². The van der Waals surface area contributed by atoms with Crippen LogP contribution in [0.5, 0.6) is 0 Å². The Balaban J connectivity index is 1.87. The lowest BCUT2D eigenvalue weighted by molar-refractivity contribution is 0.541. The second kappa shape index (κ2) is 5.39. The minimum absolute atomic E-state index is 0.562. The van der Waals surface area contributed by atoms with Crippen LogP contribution in [0.25, 0.3) is 0 Å². The summed E-state index contributed by atoms with van der Waals surface area (Å²) >= 11 is 5.98. The fourth-order valence-corrected chi connectivity index (χ4v) is 2.39. The summed E-state index contributed by atoms with van der Waals surface area (Å²) in [6.45, 7) is 2.86. The average Bonchev–Trinajstić information content (AvgIpc) is 2.66. The average molecular weight is 234 g/mol. The summed E-state index contributed by atoms with van der Waals surface area (Å²) in [7, 11) is 0. The van der Waals surface area contributed by atoms with Crippen LogP contribution in [0.3, 0.4) is 0 Å². The van der Waals surface area contributed by atoms with E-state index >= 15 is 0 Å². The Labute approximate surface area is 102 Å². The highest BCUT2D eigenvalue weighted by molar-refractivity contribution is 6.30. The van der Waals surface area contributed by atoms with Crippen molar-refractivity contribution in [2.75, 3.05) is 6.54 Å². The van der Waals surface area contributed by atoms with Crippen molar-refractivity contribution in [3.63, 3.8) is 0 Å². The second-order valence-electron chi connectivity index (χ2n) is 4.15. The largest absolute Gasteiger partial charge is 0.312 e. The van der Waals surface area contributed by atoms with Gasteiger partial charge in [-0.05, 0) is 43.0 Å². The third-order valence-electron chi connectivity index (χ3n) is 2.96. The van der Waals surface area contributed by atoms with E-state index in [-0.39, 0.29) is 0 Å². The molecule has 0 aliphatic heterocycles. The molecule has 0 spiro atoms. The molecule has 0 saturated carbocycles. The van der Waals surface area contributed by atoms with E-state index in [0.717, 1.165) is 30.8 Å². The topological polar surface area (TPSA) is 12.0 Å². The molecule has 1 N–H and O–H groups in total. The highest BCUT2D eigenvalue weighted by Gasteiger charge is 2.20. The van der Waals surface area contributed by atoms with Gasteiger partial charge >= 0.3 is 0 Å². The molecule has 2 rings (SSSR count). The maximum atomic E-state index is 5.98. The highest BCUT2D eigenvalue weighted by Crippen LogP contribution is 2.25. The first-order valence-electron chi connectivity index (χ1n) is 5.70. The van der Waals surface area contributed by atoms with Gasteiger partial charge in [-0.3, -0.25) is 0 Å². The zero-order chi connectivity index (χ0) is 11.4. The second-order valence-corrected chi connectivity index (χ2v) is 4.59. The molecule has 0 fully saturated rings. The number of rotatable bonds is 3. The fourth-order valence-electron chi connectivity index (χ4n) is 2.19. The Morgan fingerprint density at radius 1 is 1.38 bits per heavy atom. The van der Waals surface area contributed by atoms with Gasteiger partial charge in [0.1, 0.15) is 0 Å². The van der Waals surface area contributed by atoms with E-state index in [4.69, 9.17) is 11.6 Å². The van der Waals surface area contributed by atoms with Crippen LogP contribution in [0.4, 0.5) is 0 Å². The molecule has 0 bridgehead atoms. The van der Waals surface area contributed by atoms with E-state index in [0.29, 0.717) is 6.04 Å². The fraction of sp³-hybridized carbons (Fsp3) is 0.429. The van der Waals surface area contributed by atoms with Crippen molar-refractivity contribution in [2.45, 2.75) is 32.2 Å². The van der Waals surface area contributed by atoms with Crippen molar-refractivity contribution in [2.24, 2.45) is 0 Å². The van der Waals surface area contributed by atoms with E-state index in [1.54, 1.807) is 0 Å². The summed E-state index contributed by atoms with van der Waals surface area (Å²) in [6, 6.07) is 6.77. The number of hydrogen-bond acceptors (Lipinski definition) is 1. The van der Waals surface area contributed by atoms with Crippen LogP contribution in [0, 0.1) is 11.8 Å². The quantitative estimate of drug-likeness (QED) is 0.626. The van der Waals surface area contributed by atoms with Gasteiger partial charge in [-0.1, -0.05) is 17.7 Å². The van der Waals surface area contributed by atoms with Crippen molar-refractivity contribution < 1.29 is 0 Å². The molecule has 0 radical (unpaired) electrons. The maximum Gasteiger partial charge on any atom is 0.0408 e. The molecule has 0 aromatic heterocycles. The molecule has 84 valence electrons. The summed E-state index contributed by atoms with van der Waals surface area (Å²) in [6.07, 6.45) is 3.14. The van der Waals surface area contributed by atoms with E-state index < -0.39 is 0 Å². The lowest BCUT2D eigenvalue weighted by Gasteiger charge is -2.09. The summed E-state index contributed by atoms with van der Waals surface area (Å²) < 4.78 is 0. The molecule has 1 aromatic rings. The van der Waals surface area contributed by atoms with Gasteiger partial charge in [0.15, 0.2) is 0 Å². The van der Waals surface area contributed by atoms with E-state index in [1.807, 2.05) is 13.0 Å². The minimum atomic E-state index is 0.562. The van der Waals surface area contributed by atoms with Gasteiger partial charge in [-0.25, -0.2) is 0 Å².